The van der Waals surface area contributed by atoms with Crippen molar-refractivity contribution in [3.8, 4) is 0 Å². The van der Waals surface area contributed by atoms with Crippen LogP contribution in [0.3, 0.4) is 0 Å². The first-order valence-corrected chi connectivity index (χ1v) is 7.03. The average molecular weight is 273 g/mol. The van der Waals surface area contributed by atoms with E-state index >= 15 is 0 Å². The Morgan fingerprint density at radius 1 is 1.21 bits per heavy atom. The summed E-state index contributed by atoms with van der Waals surface area (Å²) in [7, 11) is 0. The number of anilines is 1. The molecule has 1 aromatic carbocycles. The number of hydrogen-bond donors (Lipinski definition) is 1. The number of fused-ring (bicyclic) bond motifs is 1. The van der Waals surface area contributed by atoms with Crippen molar-refractivity contribution < 1.29 is 0 Å². The van der Waals surface area contributed by atoms with Crippen LogP contribution in [0.5, 0.6) is 0 Å². The monoisotopic (exact) mass is 273 g/mol. The number of benzene rings is 1. The molecular weight excluding hydrogens is 258 g/mol. The van der Waals surface area contributed by atoms with Crippen LogP contribution in [0.15, 0.2) is 24.3 Å². The van der Waals surface area contributed by atoms with Crippen molar-refractivity contribution in [1.29, 1.82) is 0 Å². The summed E-state index contributed by atoms with van der Waals surface area (Å²) in [5.74, 6) is 0.837. The van der Waals surface area contributed by atoms with Gasteiger partial charge in [0.05, 0.1) is 0 Å². The fourth-order valence-electron chi connectivity index (χ4n) is 1.93. The van der Waals surface area contributed by atoms with Gasteiger partial charge in [0.2, 0.25) is 4.96 Å². The quantitative estimate of drug-likeness (QED) is 0.793. The van der Waals surface area contributed by atoms with Crippen molar-refractivity contribution in [3.63, 3.8) is 0 Å². The summed E-state index contributed by atoms with van der Waals surface area (Å²) in [6.45, 7) is 4.89. The van der Waals surface area contributed by atoms with Crippen molar-refractivity contribution in [3.05, 3.63) is 40.7 Å². The van der Waals surface area contributed by atoms with E-state index in [-0.39, 0.29) is 0 Å². The molecule has 2 aromatic heterocycles. The van der Waals surface area contributed by atoms with Gasteiger partial charge in [-0.2, -0.15) is 9.61 Å². The van der Waals surface area contributed by atoms with E-state index in [1.807, 2.05) is 19.1 Å². The maximum absolute atomic E-state index is 4.50. The lowest BCUT2D eigenvalue weighted by Crippen LogP contribution is -2.06. The molecule has 0 aliphatic heterocycles. The summed E-state index contributed by atoms with van der Waals surface area (Å²) in [6.07, 6.45) is 0.891. The Hall–Kier alpha value is -1.95. The molecule has 0 amide bonds. The predicted octanol–water partition coefficient (Wildman–Crippen LogP) is 2.46. The molecule has 0 bridgehead atoms. The largest absolute Gasteiger partial charge is 0.384 e. The van der Waals surface area contributed by atoms with Crippen molar-refractivity contribution >= 4 is 22.0 Å². The van der Waals surface area contributed by atoms with Crippen molar-refractivity contribution in [2.24, 2.45) is 0 Å². The average Bonchev–Trinajstić information content (AvgIpc) is 2.95. The molecule has 19 heavy (non-hydrogen) atoms. The van der Waals surface area contributed by atoms with Gasteiger partial charge in [-0.05, 0) is 25.5 Å². The Bertz CT molecular complexity index is 700. The van der Waals surface area contributed by atoms with Crippen LogP contribution in [-0.2, 0) is 6.42 Å². The van der Waals surface area contributed by atoms with Crippen LogP contribution in [0.4, 0.5) is 5.69 Å². The molecule has 0 fully saturated rings. The standard InChI is InChI=1S/C13H15N5S/c1-9-5-3-4-6-11(9)14-8-7-12-17-18-10(2)15-16-13(18)19-12/h3-6,14H,7-8H2,1-2H3. The SMILES string of the molecule is Cc1ccccc1NCCc1nn2c(C)nnc2s1. The van der Waals surface area contributed by atoms with Gasteiger partial charge < -0.3 is 5.32 Å². The van der Waals surface area contributed by atoms with Gasteiger partial charge in [-0.1, -0.05) is 29.5 Å². The normalized spacial score (nSPS) is 11.1. The number of aryl methyl sites for hydroxylation is 2. The second-order valence-corrected chi connectivity index (χ2v) is 5.47. The molecule has 0 atom stereocenters. The minimum absolute atomic E-state index is 0.837. The lowest BCUT2D eigenvalue weighted by atomic mass is 10.2. The number of para-hydroxylation sites is 1. The summed E-state index contributed by atoms with van der Waals surface area (Å²) in [5, 5.41) is 17.1. The number of rotatable bonds is 4. The van der Waals surface area contributed by atoms with E-state index in [0.717, 1.165) is 28.8 Å². The minimum atomic E-state index is 0.837. The van der Waals surface area contributed by atoms with Crippen LogP contribution in [0.1, 0.15) is 16.4 Å². The van der Waals surface area contributed by atoms with E-state index in [0.29, 0.717) is 0 Å². The zero-order valence-corrected chi connectivity index (χ0v) is 11.7. The maximum Gasteiger partial charge on any atom is 0.234 e. The van der Waals surface area contributed by atoms with Gasteiger partial charge in [0.15, 0.2) is 5.82 Å². The number of aromatic nitrogens is 4. The minimum Gasteiger partial charge on any atom is -0.384 e. The highest BCUT2D eigenvalue weighted by Crippen LogP contribution is 2.16. The first-order valence-electron chi connectivity index (χ1n) is 6.21. The second kappa shape index (κ2) is 4.97. The number of hydrogen-bond acceptors (Lipinski definition) is 5. The molecule has 2 heterocycles. The predicted molar refractivity (Wildman–Crippen MR) is 76.8 cm³/mol. The molecule has 0 unspecified atom stereocenters. The molecule has 6 heteroatoms. The molecule has 0 saturated carbocycles. The van der Waals surface area contributed by atoms with Gasteiger partial charge in [-0.15, -0.1) is 10.2 Å². The third kappa shape index (κ3) is 2.44. The summed E-state index contributed by atoms with van der Waals surface area (Å²) in [4.78, 5) is 0.864. The van der Waals surface area contributed by atoms with Gasteiger partial charge >= 0.3 is 0 Å². The fourth-order valence-corrected chi connectivity index (χ4v) is 2.81. The molecule has 0 aliphatic carbocycles. The third-order valence-corrected chi connectivity index (χ3v) is 3.95. The van der Waals surface area contributed by atoms with Gasteiger partial charge in [-0.3, -0.25) is 0 Å². The van der Waals surface area contributed by atoms with Crippen molar-refractivity contribution in [2.45, 2.75) is 20.3 Å². The Kier molecular flexibility index (Phi) is 3.16. The highest BCUT2D eigenvalue weighted by molar-refractivity contribution is 7.16. The smallest absolute Gasteiger partial charge is 0.234 e. The Morgan fingerprint density at radius 3 is 2.84 bits per heavy atom. The molecule has 0 spiro atoms. The molecule has 0 aliphatic rings. The number of nitrogens with zero attached hydrogens (tertiary/aromatic N) is 4. The lowest BCUT2D eigenvalue weighted by Gasteiger charge is -2.07. The Balaban J connectivity index is 1.65. The van der Waals surface area contributed by atoms with Crippen LogP contribution in [0, 0.1) is 13.8 Å². The van der Waals surface area contributed by atoms with E-state index in [9.17, 15) is 0 Å². The maximum atomic E-state index is 4.50. The lowest BCUT2D eigenvalue weighted by molar-refractivity contribution is 0.846. The van der Waals surface area contributed by atoms with Gasteiger partial charge in [0, 0.05) is 18.7 Å². The third-order valence-electron chi connectivity index (χ3n) is 2.99. The van der Waals surface area contributed by atoms with E-state index in [4.69, 9.17) is 0 Å². The van der Waals surface area contributed by atoms with Crippen LogP contribution < -0.4 is 5.32 Å². The molecule has 3 aromatic rings. The molecule has 1 N–H and O–H groups in total. The Labute approximate surface area is 115 Å². The van der Waals surface area contributed by atoms with Crippen LogP contribution >= 0.6 is 11.3 Å². The van der Waals surface area contributed by atoms with Crippen molar-refractivity contribution in [2.75, 3.05) is 11.9 Å². The molecule has 0 saturated heterocycles. The van der Waals surface area contributed by atoms with E-state index in [1.165, 1.54) is 11.3 Å². The van der Waals surface area contributed by atoms with Gasteiger partial charge in [-0.25, -0.2) is 0 Å². The highest BCUT2D eigenvalue weighted by Gasteiger charge is 2.08. The van der Waals surface area contributed by atoms with E-state index in [1.54, 1.807) is 15.9 Å². The summed E-state index contributed by atoms with van der Waals surface area (Å²) in [5.41, 5.74) is 2.44. The van der Waals surface area contributed by atoms with E-state index < -0.39 is 0 Å². The zero-order valence-electron chi connectivity index (χ0n) is 10.9. The summed E-state index contributed by atoms with van der Waals surface area (Å²) in [6, 6.07) is 8.29. The molecule has 98 valence electrons. The first kappa shape index (κ1) is 12.1. The first-order chi connectivity index (χ1) is 9.24. The summed E-state index contributed by atoms with van der Waals surface area (Å²) < 4.78 is 1.80. The van der Waals surface area contributed by atoms with Crippen LogP contribution in [0.2, 0.25) is 0 Å². The topological polar surface area (TPSA) is 55.1 Å². The summed E-state index contributed by atoms with van der Waals surface area (Å²) >= 11 is 1.60. The Morgan fingerprint density at radius 2 is 2.05 bits per heavy atom. The van der Waals surface area contributed by atoms with Crippen LogP contribution in [0.25, 0.3) is 4.96 Å². The zero-order chi connectivity index (χ0) is 13.2. The van der Waals surface area contributed by atoms with Gasteiger partial charge in [0.25, 0.3) is 0 Å². The number of nitrogens with one attached hydrogen (secondary N) is 1. The fraction of sp³-hybridized carbons (Fsp3) is 0.308. The van der Waals surface area contributed by atoms with Crippen molar-refractivity contribution in [1.82, 2.24) is 19.8 Å². The molecule has 3 rings (SSSR count). The highest BCUT2D eigenvalue weighted by atomic mass is 32.1. The van der Waals surface area contributed by atoms with Crippen LogP contribution in [-0.4, -0.2) is 26.4 Å². The molecule has 0 radical (unpaired) electrons. The molecule has 5 nitrogen and oxygen atoms in total. The van der Waals surface area contributed by atoms with E-state index in [2.05, 4.69) is 39.7 Å². The van der Waals surface area contributed by atoms with Gasteiger partial charge in [0.1, 0.15) is 5.01 Å². The second-order valence-electron chi connectivity index (χ2n) is 4.43. The molecular formula is C13H15N5S.